The molecule has 184 valence electrons. The summed E-state index contributed by atoms with van der Waals surface area (Å²) in [5.74, 6) is 0.205. The van der Waals surface area contributed by atoms with Crippen LogP contribution in [0.15, 0.2) is 60.8 Å². The van der Waals surface area contributed by atoms with Gasteiger partial charge in [0.05, 0.1) is 0 Å². The second kappa shape index (κ2) is 9.78. The normalized spacial score (nSPS) is 17.1. The van der Waals surface area contributed by atoms with Gasteiger partial charge < -0.3 is 15.4 Å². The maximum absolute atomic E-state index is 13.5. The zero-order valence-electron chi connectivity index (χ0n) is 21.1. The van der Waals surface area contributed by atoms with Crippen molar-refractivity contribution in [1.29, 1.82) is 0 Å². The van der Waals surface area contributed by atoms with Crippen molar-refractivity contribution in [2.45, 2.75) is 71.2 Å². The Morgan fingerprint density at radius 1 is 1.06 bits per heavy atom. The van der Waals surface area contributed by atoms with Crippen molar-refractivity contribution in [2.24, 2.45) is 0 Å². The highest BCUT2D eigenvalue weighted by atomic mass is 19.1. The van der Waals surface area contributed by atoms with Gasteiger partial charge in [-0.1, -0.05) is 24.3 Å². The van der Waals surface area contributed by atoms with Crippen molar-refractivity contribution in [2.75, 3.05) is 0 Å². The number of piperidine rings is 1. The lowest BCUT2D eigenvalue weighted by Gasteiger charge is -2.46. The quantitative estimate of drug-likeness (QED) is 0.442. The SMILES string of the molecule is Cc1cc(-c2cccc(OCc3ccc(C(=O)NC4CC(C)(C)NC(C)(C)C4)cc3)c2)cnc1F. The molecule has 0 unspecified atom stereocenters. The van der Waals surface area contributed by atoms with Gasteiger partial charge in [-0.25, -0.2) is 4.98 Å². The van der Waals surface area contributed by atoms with Gasteiger partial charge in [0.2, 0.25) is 5.95 Å². The Bertz CT molecular complexity index is 1190. The van der Waals surface area contributed by atoms with Gasteiger partial charge >= 0.3 is 0 Å². The first-order valence-electron chi connectivity index (χ1n) is 12.0. The number of halogens is 1. The summed E-state index contributed by atoms with van der Waals surface area (Å²) >= 11 is 0. The fraction of sp³-hybridized carbons (Fsp3) is 0.379. The second-order valence-electron chi connectivity index (χ2n) is 10.8. The van der Waals surface area contributed by atoms with Gasteiger partial charge in [-0.15, -0.1) is 0 Å². The van der Waals surface area contributed by atoms with Crippen LogP contribution in [0.1, 0.15) is 62.0 Å². The van der Waals surface area contributed by atoms with Crippen molar-refractivity contribution in [3.8, 4) is 16.9 Å². The van der Waals surface area contributed by atoms with Crippen LogP contribution in [0.25, 0.3) is 11.1 Å². The molecule has 5 nitrogen and oxygen atoms in total. The van der Waals surface area contributed by atoms with E-state index in [2.05, 4.69) is 43.3 Å². The van der Waals surface area contributed by atoms with Crippen LogP contribution in [0.2, 0.25) is 0 Å². The lowest BCUT2D eigenvalue weighted by Crippen LogP contribution is -2.62. The molecule has 1 saturated heterocycles. The van der Waals surface area contributed by atoms with Crippen LogP contribution in [0.4, 0.5) is 4.39 Å². The van der Waals surface area contributed by atoms with Gasteiger partial charge in [-0.3, -0.25) is 4.79 Å². The summed E-state index contributed by atoms with van der Waals surface area (Å²) in [6, 6.07) is 17.1. The molecule has 1 fully saturated rings. The van der Waals surface area contributed by atoms with Crippen molar-refractivity contribution < 1.29 is 13.9 Å². The highest BCUT2D eigenvalue weighted by molar-refractivity contribution is 5.94. The van der Waals surface area contributed by atoms with E-state index in [-0.39, 0.29) is 23.0 Å². The average molecular weight is 476 g/mol. The van der Waals surface area contributed by atoms with Crippen LogP contribution in [0.5, 0.6) is 5.75 Å². The van der Waals surface area contributed by atoms with Gasteiger partial charge in [-0.05, 0) is 88.9 Å². The number of pyridine rings is 1. The number of ether oxygens (including phenoxy) is 1. The minimum atomic E-state index is -0.457. The molecule has 0 bridgehead atoms. The zero-order valence-corrected chi connectivity index (χ0v) is 21.1. The average Bonchev–Trinajstić information content (AvgIpc) is 2.78. The fourth-order valence-corrected chi connectivity index (χ4v) is 5.09. The van der Waals surface area contributed by atoms with Crippen LogP contribution >= 0.6 is 0 Å². The monoisotopic (exact) mass is 475 g/mol. The molecule has 1 aliphatic heterocycles. The fourth-order valence-electron chi connectivity index (χ4n) is 5.09. The van der Waals surface area contributed by atoms with E-state index in [9.17, 15) is 9.18 Å². The number of aromatic nitrogens is 1. The Morgan fingerprint density at radius 2 is 1.74 bits per heavy atom. The molecule has 2 heterocycles. The van der Waals surface area contributed by atoms with Crippen molar-refractivity contribution in [3.05, 3.63) is 83.4 Å². The largest absolute Gasteiger partial charge is 0.489 e. The molecule has 0 saturated carbocycles. The number of nitrogens with one attached hydrogen (secondary N) is 2. The van der Waals surface area contributed by atoms with Crippen LogP contribution in [-0.2, 0) is 6.61 Å². The highest BCUT2D eigenvalue weighted by Crippen LogP contribution is 2.29. The number of hydrogen-bond donors (Lipinski definition) is 2. The summed E-state index contributed by atoms with van der Waals surface area (Å²) in [5, 5.41) is 6.86. The number of nitrogens with zero attached hydrogens (tertiary/aromatic N) is 1. The Labute approximate surface area is 207 Å². The van der Waals surface area contributed by atoms with Crippen LogP contribution in [0, 0.1) is 12.9 Å². The maximum Gasteiger partial charge on any atom is 0.251 e. The van der Waals surface area contributed by atoms with Crippen LogP contribution in [0.3, 0.4) is 0 Å². The molecule has 0 atom stereocenters. The Kier molecular flexibility index (Phi) is 6.95. The lowest BCUT2D eigenvalue weighted by molar-refractivity contribution is 0.0873. The molecule has 1 amide bonds. The van der Waals surface area contributed by atoms with Gasteiger partial charge in [0, 0.05) is 40.0 Å². The summed E-state index contributed by atoms with van der Waals surface area (Å²) in [7, 11) is 0. The molecule has 0 spiro atoms. The highest BCUT2D eigenvalue weighted by Gasteiger charge is 2.38. The number of carbonyl (C=O) groups excluding carboxylic acids is 1. The number of rotatable bonds is 6. The minimum absolute atomic E-state index is 0.0236. The smallest absolute Gasteiger partial charge is 0.251 e. The minimum Gasteiger partial charge on any atom is -0.489 e. The number of carbonyl (C=O) groups is 1. The molecule has 1 aromatic heterocycles. The number of hydrogen-bond acceptors (Lipinski definition) is 4. The van der Waals surface area contributed by atoms with E-state index in [1.165, 1.54) is 6.20 Å². The molecule has 0 radical (unpaired) electrons. The van der Waals surface area contributed by atoms with Crippen LogP contribution in [-0.4, -0.2) is 28.0 Å². The summed E-state index contributed by atoms with van der Waals surface area (Å²) in [6.45, 7) is 10.8. The first-order chi connectivity index (χ1) is 16.5. The topological polar surface area (TPSA) is 63.2 Å². The molecule has 3 aromatic rings. The third kappa shape index (κ3) is 6.45. The number of aryl methyl sites for hydroxylation is 1. The molecule has 6 heteroatoms. The van der Waals surface area contributed by atoms with Crippen molar-refractivity contribution in [1.82, 2.24) is 15.6 Å². The van der Waals surface area contributed by atoms with Gasteiger partial charge in [0.15, 0.2) is 0 Å². The van der Waals surface area contributed by atoms with Crippen molar-refractivity contribution >= 4 is 5.91 Å². The predicted molar refractivity (Wildman–Crippen MR) is 137 cm³/mol. The zero-order chi connectivity index (χ0) is 25.2. The third-order valence-electron chi connectivity index (χ3n) is 6.33. The van der Waals surface area contributed by atoms with E-state index in [4.69, 9.17) is 4.74 Å². The van der Waals surface area contributed by atoms with E-state index >= 15 is 0 Å². The standard InChI is InChI=1S/C29H34FN3O2/c1-19-13-23(17-31-26(19)30)22-7-6-8-25(14-22)35-18-20-9-11-21(12-10-20)27(34)32-24-15-28(2,3)33-29(4,5)16-24/h6-14,17,24,33H,15-16,18H2,1-5H3,(H,32,34). The molecule has 0 aliphatic carbocycles. The number of benzene rings is 2. The van der Waals surface area contributed by atoms with Gasteiger partial charge in [0.25, 0.3) is 5.91 Å². The predicted octanol–water partition coefficient (Wildman–Crippen LogP) is 5.81. The Morgan fingerprint density at radius 3 is 2.40 bits per heavy atom. The Hall–Kier alpha value is -3.25. The van der Waals surface area contributed by atoms with E-state index in [1.807, 2.05) is 48.5 Å². The molecule has 35 heavy (non-hydrogen) atoms. The van der Waals surface area contributed by atoms with E-state index in [0.29, 0.717) is 23.5 Å². The maximum atomic E-state index is 13.5. The Balaban J connectivity index is 1.36. The van der Waals surface area contributed by atoms with E-state index in [0.717, 1.165) is 29.5 Å². The summed E-state index contributed by atoms with van der Waals surface area (Å²) in [4.78, 5) is 16.7. The van der Waals surface area contributed by atoms with Gasteiger partial charge in [0.1, 0.15) is 12.4 Å². The third-order valence-corrected chi connectivity index (χ3v) is 6.33. The molecule has 1 aliphatic rings. The molecular weight excluding hydrogens is 441 g/mol. The summed E-state index contributed by atoms with van der Waals surface area (Å²) in [5.41, 5.74) is 3.82. The molecular formula is C29H34FN3O2. The molecule has 2 N–H and O–H groups in total. The second-order valence-corrected chi connectivity index (χ2v) is 10.8. The summed E-state index contributed by atoms with van der Waals surface area (Å²) in [6.07, 6.45) is 3.30. The lowest BCUT2D eigenvalue weighted by atomic mass is 9.79. The van der Waals surface area contributed by atoms with E-state index < -0.39 is 5.95 Å². The van der Waals surface area contributed by atoms with Gasteiger partial charge in [-0.2, -0.15) is 4.39 Å². The van der Waals surface area contributed by atoms with Crippen molar-refractivity contribution in [3.63, 3.8) is 0 Å². The number of amides is 1. The van der Waals surface area contributed by atoms with E-state index in [1.54, 1.807) is 13.0 Å². The first kappa shape index (κ1) is 24.9. The van der Waals surface area contributed by atoms with Crippen LogP contribution < -0.4 is 15.4 Å². The molecule has 2 aromatic carbocycles. The summed E-state index contributed by atoms with van der Waals surface area (Å²) < 4.78 is 19.5. The first-order valence-corrected chi connectivity index (χ1v) is 12.0. The molecule has 4 rings (SSSR count).